The second-order valence-electron chi connectivity index (χ2n) is 4.87. The van der Waals surface area contributed by atoms with E-state index in [0.29, 0.717) is 12.5 Å². The first-order chi connectivity index (χ1) is 9.25. The van der Waals surface area contributed by atoms with Crippen LogP contribution in [0.15, 0.2) is 29.4 Å². The lowest BCUT2D eigenvalue weighted by atomic mass is 9.90. The predicted octanol–water partition coefficient (Wildman–Crippen LogP) is 4.58. The summed E-state index contributed by atoms with van der Waals surface area (Å²) in [7, 11) is 0. The van der Waals surface area contributed by atoms with Crippen LogP contribution in [0.25, 0.3) is 0 Å². The van der Waals surface area contributed by atoms with Gasteiger partial charge in [0.25, 0.3) is 6.43 Å². The van der Waals surface area contributed by atoms with Crippen LogP contribution in [0.3, 0.4) is 0 Å². The van der Waals surface area contributed by atoms with Crippen LogP contribution in [0.1, 0.15) is 49.7 Å². The molecule has 0 heterocycles. The van der Waals surface area contributed by atoms with Crippen molar-refractivity contribution in [2.24, 2.45) is 11.1 Å². The molecule has 1 radical (unpaired) electrons. The fourth-order valence-corrected chi connectivity index (χ4v) is 2.21. The molecule has 4 heteroatoms. The fourth-order valence-electron chi connectivity index (χ4n) is 2.21. The van der Waals surface area contributed by atoms with E-state index in [1.807, 2.05) is 0 Å². The van der Waals surface area contributed by atoms with E-state index in [4.69, 9.17) is 4.84 Å². The normalized spacial score (nSPS) is 17.2. The van der Waals surface area contributed by atoms with E-state index in [1.54, 1.807) is 12.1 Å². The second kappa shape index (κ2) is 7.22. The van der Waals surface area contributed by atoms with Crippen LogP contribution in [-0.2, 0) is 11.4 Å². The second-order valence-corrected chi connectivity index (χ2v) is 4.87. The summed E-state index contributed by atoms with van der Waals surface area (Å²) in [6.45, 7) is 0.295. The molecule has 103 valence electrons. The van der Waals surface area contributed by atoms with Crippen molar-refractivity contribution in [2.45, 2.75) is 45.1 Å². The van der Waals surface area contributed by atoms with Gasteiger partial charge in [0.1, 0.15) is 12.8 Å². The number of nitrogens with zero attached hydrogens (tertiary/aromatic N) is 1. The first-order valence-corrected chi connectivity index (χ1v) is 6.70. The maximum Gasteiger partial charge on any atom is 0.263 e. The van der Waals surface area contributed by atoms with E-state index >= 15 is 0 Å². The Morgan fingerprint density at radius 1 is 1.16 bits per heavy atom. The van der Waals surface area contributed by atoms with Gasteiger partial charge in [-0.15, -0.1) is 0 Å². The molecule has 1 aliphatic rings. The minimum absolute atomic E-state index is 0.0287. The molecule has 1 saturated carbocycles. The Hall–Kier alpha value is -1.45. The fraction of sp³-hybridized carbons (Fsp3) is 0.533. The molecule has 0 aliphatic heterocycles. The molecule has 0 unspecified atom stereocenters. The molecule has 0 spiro atoms. The molecule has 1 fully saturated rings. The third kappa shape index (κ3) is 4.62. The Bertz CT molecular complexity index is 397. The molecule has 0 amide bonds. The quantitative estimate of drug-likeness (QED) is 0.564. The molecule has 0 N–H and O–H groups in total. The first kappa shape index (κ1) is 14.0. The maximum absolute atomic E-state index is 12.4. The highest BCUT2D eigenvalue weighted by atomic mass is 19.3. The standard InChI is InChI=1S/C15H18F2NO/c16-15(17)14-8-6-13(7-9-14)11-19-18-10-12-4-2-1-3-5-12/h6-9,12,15H,1-5,11H2. The van der Waals surface area contributed by atoms with Crippen molar-refractivity contribution >= 4 is 6.21 Å². The van der Waals surface area contributed by atoms with Gasteiger partial charge in [-0.25, -0.2) is 8.78 Å². The van der Waals surface area contributed by atoms with E-state index in [2.05, 4.69) is 11.4 Å². The van der Waals surface area contributed by atoms with E-state index in [9.17, 15) is 8.78 Å². The number of hydrogen-bond donors (Lipinski definition) is 0. The van der Waals surface area contributed by atoms with Crippen molar-refractivity contribution in [3.63, 3.8) is 0 Å². The van der Waals surface area contributed by atoms with Gasteiger partial charge in [0.2, 0.25) is 0 Å². The average Bonchev–Trinajstić information content (AvgIpc) is 2.45. The van der Waals surface area contributed by atoms with Crippen LogP contribution in [0.5, 0.6) is 0 Å². The van der Waals surface area contributed by atoms with Crippen molar-refractivity contribution in [2.75, 3.05) is 0 Å². The molecule has 2 nitrogen and oxygen atoms in total. The summed E-state index contributed by atoms with van der Waals surface area (Å²) in [6, 6.07) is 6.10. The first-order valence-electron chi connectivity index (χ1n) is 6.70. The summed E-state index contributed by atoms with van der Waals surface area (Å²) < 4.78 is 24.7. The van der Waals surface area contributed by atoms with Gasteiger partial charge >= 0.3 is 0 Å². The summed E-state index contributed by atoms with van der Waals surface area (Å²) in [4.78, 5) is 5.15. The third-order valence-electron chi connectivity index (χ3n) is 3.37. The zero-order chi connectivity index (χ0) is 13.5. The highest BCUT2D eigenvalue weighted by Gasteiger charge is 2.11. The van der Waals surface area contributed by atoms with Gasteiger partial charge in [0.15, 0.2) is 0 Å². The van der Waals surface area contributed by atoms with Gasteiger partial charge in [0.05, 0.1) is 0 Å². The van der Waals surface area contributed by atoms with Crippen molar-refractivity contribution < 1.29 is 13.6 Å². The third-order valence-corrected chi connectivity index (χ3v) is 3.37. The predicted molar refractivity (Wildman–Crippen MR) is 70.2 cm³/mol. The number of hydrogen-bond acceptors (Lipinski definition) is 2. The SMILES string of the molecule is FC(F)c1ccc(CO/N=[C]\C2CCCCC2)cc1. The lowest BCUT2D eigenvalue weighted by Crippen LogP contribution is -2.07. The topological polar surface area (TPSA) is 21.6 Å². The van der Waals surface area contributed by atoms with Gasteiger partial charge in [-0.3, -0.25) is 0 Å². The Kier molecular flexibility index (Phi) is 5.31. The maximum atomic E-state index is 12.4. The van der Waals surface area contributed by atoms with Gasteiger partial charge in [-0.1, -0.05) is 48.7 Å². The molecule has 0 saturated heterocycles. The summed E-state index contributed by atoms with van der Waals surface area (Å²) in [5.74, 6) is 0.412. The van der Waals surface area contributed by atoms with Crippen LogP contribution < -0.4 is 0 Å². The number of benzene rings is 1. The van der Waals surface area contributed by atoms with Crippen LogP contribution in [0, 0.1) is 5.92 Å². The number of halogens is 2. The highest BCUT2D eigenvalue weighted by Crippen LogP contribution is 2.22. The largest absolute Gasteiger partial charge is 0.391 e. The van der Waals surface area contributed by atoms with Crippen molar-refractivity contribution in [3.8, 4) is 0 Å². The highest BCUT2D eigenvalue weighted by molar-refractivity contribution is 5.59. The van der Waals surface area contributed by atoms with Crippen molar-refractivity contribution in [1.82, 2.24) is 0 Å². The number of rotatable bonds is 5. The Morgan fingerprint density at radius 2 is 1.84 bits per heavy atom. The van der Waals surface area contributed by atoms with Crippen LogP contribution in [-0.4, -0.2) is 6.21 Å². The Morgan fingerprint density at radius 3 is 2.47 bits per heavy atom. The molecule has 2 rings (SSSR count). The van der Waals surface area contributed by atoms with Gasteiger partial charge < -0.3 is 4.84 Å². The Labute approximate surface area is 112 Å². The van der Waals surface area contributed by atoms with Gasteiger partial charge in [-0.05, 0) is 18.4 Å². The zero-order valence-electron chi connectivity index (χ0n) is 10.8. The lowest BCUT2D eigenvalue weighted by molar-refractivity contribution is 0.129. The Balaban J connectivity index is 1.74. The molecule has 1 aromatic rings. The molecule has 0 bridgehead atoms. The monoisotopic (exact) mass is 266 g/mol. The van der Waals surface area contributed by atoms with Crippen LogP contribution >= 0.6 is 0 Å². The van der Waals surface area contributed by atoms with E-state index in [0.717, 1.165) is 18.4 Å². The smallest absolute Gasteiger partial charge is 0.263 e. The van der Waals surface area contributed by atoms with Gasteiger partial charge in [-0.2, -0.15) is 0 Å². The molecule has 0 aromatic heterocycles. The zero-order valence-corrected chi connectivity index (χ0v) is 10.8. The summed E-state index contributed by atoms with van der Waals surface area (Å²) in [5, 5.41) is 3.85. The molecule has 19 heavy (non-hydrogen) atoms. The molecular weight excluding hydrogens is 248 g/mol. The van der Waals surface area contributed by atoms with Crippen LogP contribution in [0.2, 0.25) is 0 Å². The average molecular weight is 266 g/mol. The summed E-state index contributed by atoms with van der Waals surface area (Å²) in [6.07, 6.45) is 6.63. The minimum atomic E-state index is -2.42. The van der Waals surface area contributed by atoms with Crippen molar-refractivity contribution in [1.29, 1.82) is 0 Å². The number of alkyl halides is 2. The van der Waals surface area contributed by atoms with Crippen molar-refractivity contribution in [3.05, 3.63) is 35.4 Å². The minimum Gasteiger partial charge on any atom is -0.391 e. The lowest BCUT2D eigenvalue weighted by Gasteiger charge is -2.15. The molecular formula is C15H18F2NO. The summed E-state index contributed by atoms with van der Waals surface area (Å²) in [5.41, 5.74) is 0.861. The van der Waals surface area contributed by atoms with E-state index in [1.165, 1.54) is 31.4 Å². The summed E-state index contributed by atoms with van der Waals surface area (Å²) >= 11 is 0. The van der Waals surface area contributed by atoms with Gasteiger partial charge in [0, 0.05) is 11.5 Å². The molecule has 1 aliphatic carbocycles. The molecule has 1 aromatic carbocycles. The van der Waals surface area contributed by atoms with Crippen LogP contribution in [0.4, 0.5) is 8.78 Å². The molecule has 0 atom stereocenters. The van der Waals surface area contributed by atoms with E-state index in [-0.39, 0.29) is 5.56 Å². The van der Waals surface area contributed by atoms with E-state index < -0.39 is 6.43 Å².